The maximum absolute atomic E-state index is 12.9. The Morgan fingerprint density at radius 2 is 1.62 bits per heavy atom. The second-order valence-electron chi connectivity index (χ2n) is 8.02. The van der Waals surface area contributed by atoms with E-state index in [1.165, 1.54) is 12.0 Å². The van der Waals surface area contributed by atoms with Gasteiger partial charge < -0.3 is 15.5 Å². The van der Waals surface area contributed by atoms with Crippen LogP contribution in [0.4, 0.5) is 16.2 Å². The summed E-state index contributed by atoms with van der Waals surface area (Å²) in [4.78, 5) is 26.7. The van der Waals surface area contributed by atoms with Crippen LogP contribution in [0.2, 0.25) is 0 Å². The minimum absolute atomic E-state index is 0.0173. The number of hydrogen-bond acceptors (Lipinski definition) is 2. The summed E-state index contributed by atoms with van der Waals surface area (Å²) in [6.07, 6.45) is 5.25. The van der Waals surface area contributed by atoms with Crippen LogP contribution >= 0.6 is 0 Å². The Bertz CT molecular complexity index is 803. The van der Waals surface area contributed by atoms with Gasteiger partial charge >= 0.3 is 6.03 Å². The standard InChI is InChI=1S/C24H31N3O2/c1-18(2)23(28)25-20-12-14-21(15-13-20)26-24(29)27-17-7-6-10-22(27)16-11-19-8-4-3-5-9-19/h3-5,8-9,12-15,18,22H,6-7,10-11,16-17H2,1-2H3,(H,25,28)(H,26,29)/t22-/m0/s1. The Balaban J connectivity index is 1.56. The van der Waals surface area contributed by atoms with E-state index in [0.717, 1.165) is 43.6 Å². The number of urea groups is 1. The molecule has 0 unspecified atom stereocenters. The van der Waals surface area contributed by atoms with Gasteiger partial charge in [0.2, 0.25) is 5.91 Å². The molecular formula is C24H31N3O2. The molecule has 0 aromatic heterocycles. The second-order valence-corrected chi connectivity index (χ2v) is 8.02. The molecule has 154 valence electrons. The van der Waals surface area contributed by atoms with Gasteiger partial charge in [0, 0.05) is 29.9 Å². The van der Waals surface area contributed by atoms with Gasteiger partial charge in [0.15, 0.2) is 0 Å². The van der Waals surface area contributed by atoms with E-state index in [-0.39, 0.29) is 23.9 Å². The molecule has 2 N–H and O–H groups in total. The molecule has 5 heteroatoms. The van der Waals surface area contributed by atoms with Crippen molar-refractivity contribution in [2.45, 2.75) is 52.0 Å². The Kier molecular flexibility index (Phi) is 7.28. The van der Waals surface area contributed by atoms with E-state index >= 15 is 0 Å². The first kappa shape index (κ1) is 20.9. The van der Waals surface area contributed by atoms with Crippen molar-refractivity contribution in [2.24, 2.45) is 5.92 Å². The third-order valence-corrected chi connectivity index (χ3v) is 5.43. The van der Waals surface area contributed by atoms with Crippen LogP contribution in [-0.2, 0) is 11.2 Å². The van der Waals surface area contributed by atoms with Crippen molar-refractivity contribution in [3.05, 3.63) is 60.2 Å². The highest BCUT2D eigenvalue weighted by molar-refractivity contribution is 5.93. The van der Waals surface area contributed by atoms with Gasteiger partial charge in [-0.3, -0.25) is 4.79 Å². The Labute approximate surface area is 173 Å². The molecule has 0 saturated carbocycles. The highest BCUT2D eigenvalue weighted by Gasteiger charge is 2.26. The summed E-state index contributed by atoms with van der Waals surface area (Å²) in [5, 5.41) is 5.88. The van der Waals surface area contributed by atoms with Crippen molar-refractivity contribution in [1.82, 2.24) is 4.90 Å². The first-order chi connectivity index (χ1) is 14.0. The number of nitrogens with zero attached hydrogens (tertiary/aromatic N) is 1. The number of likely N-dealkylation sites (tertiary alicyclic amines) is 1. The zero-order valence-corrected chi connectivity index (χ0v) is 17.4. The third-order valence-electron chi connectivity index (χ3n) is 5.43. The van der Waals surface area contributed by atoms with Crippen LogP contribution in [-0.4, -0.2) is 29.4 Å². The Hall–Kier alpha value is -2.82. The number of rotatable bonds is 6. The zero-order chi connectivity index (χ0) is 20.6. The molecule has 1 saturated heterocycles. The molecule has 3 rings (SSSR count). The first-order valence-electron chi connectivity index (χ1n) is 10.6. The molecule has 0 radical (unpaired) electrons. The fraction of sp³-hybridized carbons (Fsp3) is 0.417. The molecule has 0 aliphatic carbocycles. The Morgan fingerprint density at radius 3 is 2.28 bits per heavy atom. The van der Waals surface area contributed by atoms with Crippen LogP contribution in [0, 0.1) is 5.92 Å². The van der Waals surface area contributed by atoms with Crippen LogP contribution in [0.5, 0.6) is 0 Å². The monoisotopic (exact) mass is 393 g/mol. The molecule has 29 heavy (non-hydrogen) atoms. The van der Waals surface area contributed by atoms with Gasteiger partial charge in [0.25, 0.3) is 0 Å². The average Bonchev–Trinajstić information content (AvgIpc) is 2.74. The highest BCUT2D eigenvalue weighted by Crippen LogP contribution is 2.23. The number of carbonyl (C=O) groups is 2. The third kappa shape index (κ3) is 6.08. The topological polar surface area (TPSA) is 61.4 Å². The highest BCUT2D eigenvalue weighted by atomic mass is 16.2. The van der Waals surface area contributed by atoms with Gasteiger partial charge in [-0.15, -0.1) is 0 Å². The minimum atomic E-state index is -0.0682. The van der Waals surface area contributed by atoms with Crippen molar-refractivity contribution < 1.29 is 9.59 Å². The number of benzene rings is 2. The summed E-state index contributed by atoms with van der Waals surface area (Å²) in [5.41, 5.74) is 2.79. The molecule has 1 aliphatic rings. The maximum atomic E-state index is 12.9. The zero-order valence-electron chi connectivity index (χ0n) is 17.4. The van der Waals surface area contributed by atoms with E-state index in [1.54, 1.807) is 0 Å². The number of anilines is 2. The molecule has 1 aliphatic heterocycles. The predicted octanol–water partition coefficient (Wildman–Crippen LogP) is 5.30. The second kappa shape index (κ2) is 10.1. The van der Waals surface area contributed by atoms with E-state index in [0.29, 0.717) is 0 Å². The van der Waals surface area contributed by atoms with Crippen LogP contribution in [0.25, 0.3) is 0 Å². The van der Waals surface area contributed by atoms with Crippen LogP contribution in [0.1, 0.15) is 45.1 Å². The van der Waals surface area contributed by atoms with Gasteiger partial charge in [0.1, 0.15) is 0 Å². The predicted molar refractivity (Wildman–Crippen MR) is 118 cm³/mol. The number of nitrogens with one attached hydrogen (secondary N) is 2. The SMILES string of the molecule is CC(C)C(=O)Nc1ccc(NC(=O)N2CCCC[C@H]2CCc2ccccc2)cc1. The van der Waals surface area contributed by atoms with Crippen molar-refractivity contribution in [3.63, 3.8) is 0 Å². The largest absolute Gasteiger partial charge is 0.326 e. The normalized spacial score (nSPS) is 16.5. The number of piperidine rings is 1. The van der Waals surface area contributed by atoms with E-state index in [9.17, 15) is 9.59 Å². The maximum Gasteiger partial charge on any atom is 0.322 e. The van der Waals surface area contributed by atoms with Crippen LogP contribution in [0.3, 0.4) is 0 Å². The van der Waals surface area contributed by atoms with Crippen LogP contribution < -0.4 is 10.6 Å². The molecule has 3 amide bonds. The van der Waals surface area contributed by atoms with Gasteiger partial charge in [0.05, 0.1) is 0 Å². The Morgan fingerprint density at radius 1 is 0.966 bits per heavy atom. The summed E-state index contributed by atoms with van der Waals surface area (Å²) in [5.74, 6) is -0.0855. The fourth-order valence-corrected chi connectivity index (χ4v) is 3.66. The molecular weight excluding hydrogens is 362 g/mol. The number of amides is 3. The lowest BCUT2D eigenvalue weighted by Crippen LogP contribution is -2.46. The lowest BCUT2D eigenvalue weighted by Gasteiger charge is -2.36. The van der Waals surface area contributed by atoms with Crippen molar-refractivity contribution in [2.75, 3.05) is 17.2 Å². The van der Waals surface area contributed by atoms with Crippen molar-refractivity contribution in [3.8, 4) is 0 Å². The molecule has 5 nitrogen and oxygen atoms in total. The summed E-state index contributed by atoms with van der Waals surface area (Å²) >= 11 is 0. The number of carbonyl (C=O) groups excluding carboxylic acids is 2. The lowest BCUT2D eigenvalue weighted by molar-refractivity contribution is -0.118. The van der Waals surface area contributed by atoms with Gasteiger partial charge in [-0.1, -0.05) is 44.2 Å². The first-order valence-corrected chi connectivity index (χ1v) is 10.6. The molecule has 2 aromatic rings. The van der Waals surface area contributed by atoms with Crippen molar-refractivity contribution >= 4 is 23.3 Å². The minimum Gasteiger partial charge on any atom is -0.326 e. The molecule has 0 bridgehead atoms. The fourth-order valence-electron chi connectivity index (χ4n) is 3.66. The summed E-state index contributed by atoms with van der Waals surface area (Å²) < 4.78 is 0. The van der Waals surface area contributed by atoms with Gasteiger partial charge in [-0.25, -0.2) is 4.79 Å². The number of aryl methyl sites for hydroxylation is 1. The van der Waals surface area contributed by atoms with Gasteiger partial charge in [-0.05, 0) is 61.9 Å². The van der Waals surface area contributed by atoms with Crippen molar-refractivity contribution in [1.29, 1.82) is 0 Å². The molecule has 1 fully saturated rings. The summed E-state index contributed by atoms with van der Waals surface area (Å²) in [7, 11) is 0. The summed E-state index contributed by atoms with van der Waals surface area (Å²) in [6, 6.07) is 18.0. The molecule has 0 spiro atoms. The van der Waals surface area contributed by atoms with Crippen LogP contribution in [0.15, 0.2) is 54.6 Å². The van der Waals surface area contributed by atoms with E-state index in [4.69, 9.17) is 0 Å². The van der Waals surface area contributed by atoms with E-state index < -0.39 is 0 Å². The molecule has 1 heterocycles. The van der Waals surface area contributed by atoms with E-state index in [1.807, 2.05) is 49.1 Å². The average molecular weight is 394 g/mol. The van der Waals surface area contributed by atoms with E-state index in [2.05, 4.69) is 34.9 Å². The number of hydrogen-bond donors (Lipinski definition) is 2. The smallest absolute Gasteiger partial charge is 0.322 e. The lowest BCUT2D eigenvalue weighted by atomic mass is 9.96. The van der Waals surface area contributed by atoms with Gasteiger partial charge in [-0.2, -0.15) is 0 Å². The summed E-state index contributed by atoms with van der Waals surface area (Å²) in [6.45, 7) is 4.52. The molecule has 1 atom stereocenters. The molecule has 2 aromatic carbocycles. The quantitative estimate of drug-likeness (QED) is 0.699.